The van der Waals surface area contributed by atoms with Gasteiger partial charge in [-0.25, -0.2) is 0 Å². The molecule has 0 aliphatic carbocycles. The molecular formula is C20H22N6O. The van der Waals surface area contributed by atoms with Gasteiger partial charge >= 0.3 is 0 Å². The zero-order valence-electron chi connectivity index (χ0n) is 15.5. The van der Waals surface area contributed by atoms with Gasteiger partial charge in [0.05, 0.1) is 11.0 Å². The van der Waals surface area contributed by atoms with E-state index < -0.39 is 0 Å². The molecule has 0 radical (unpaired) electrons. The van der Waals surface area contributed by atoms with Gasteiger partial charge < -0.3 is 4.90 Å². The van der Waals surface area contributed by atoms with Crippen LogP contribution in [0.5, 0.6) is 0 Å². The van der Waals surface area contributed by atoms with Crippen molar-refractivity contribution in [2.45, 2.75) is 19.9 Å². The molecule has 1 aliphatic heterocycles. The Morgan fingerprint density at radius 3 is 2.37 bits per heavy atom. The lowest BCUT2D eigenvalue weighted by atomic mass is 10.0. The number of anilines is 1. The van der Waals surface area contributed by atoms with Crippen LogP contribution in [0.1, 0.15) is 35.9 Å². The predicted octanol–water partition coefficient (Wildman–Crippen LogP) is 2.51. The molecule has 2 aromatic heterocycles. The predicted molar refractivity (Wildman–Crippen MR) is 104 cm³/mol. The van der Waals surface area contributed by atoms with E-state index in [2.05, 4.69) is 49.0 Å². The fourth-order valence-electron chi connectivity index (χ4n) is 3.47. The maximum absolute atomic E-state index is 11.3. The topological polar surface area (TPSA) is 75.1 Å². The van der Waals surface area contributed by atoms with Crippen molar-refractivity contribution in [2.24, 2.45) is 0 Å². The van der Waals surface area contributed by atoms with E-state index in [0.717, 1.165) is 43.0 Å². The Balaban J connectivity index is 1.42. The molecule has 7 nitrogen and oxygen atoms in total. The number of carbonyl (C=O) groups is 1. The van der Waals surface area contributed by atoms with Crippen LogP contribution in [0, 0.1) is 0 Å². The van der Waals surface area contributed by atoms with Crippen molar-refractivity contribution in [3.8, 4) is 0 Å². The van der Waals surface area contributed by atoms with Crippen LogP contribution in [0.2, 0.25) is 0 Å². The molecule has 1 fully saturated rings. The number of carbonyl (C=O) groups excluding carboxylic acids is 1. The molecule has 0 bridgehead atoms. The number of rotatable bonds is 4. The third kappa shape index (κ3) is 3.64. The summed E-state index contributed by atoms with van der Waals surface area (Å²) in [6, 6.07) is 10.2. The lowest BCUT2D eigenvalue weighted by Gasteiger charge is -2.38. The lowest BCUT2D eigenvalue weighted by Crippen LogP contribution is -2.47. The highest BCUT2D eigenvalue weighted by molar-refractivity contribution is 5.91. The van der Waals surface area contributed by atoms with Crippen LogP contribution in [0.4, 0.5) is 5.82 Å². The molecule has 1 aliphatic rings. The number of benzene rings is 1. The third-order valence-corrected chi connectivity index (χ3v) is 5.17. The van der Waals surface area contributed by atoms with Crippen LogP contribution in [-0.4, -0.2) is 57.0 Å². The quantitative estimate of drug-likeness (QED) is 0.660. The van der Waals surface area contributed by atoms with Crippen LogP contribution < -0.4 is 4.90 Å². The van der Waals surface area contributed by atoms with E-state index in [0.29, 0.717) is 11.7 Å². The van der Waals surface area contributed by atoms with Gasteiger partial charge in [0.25, 0.3) is 0 Å². The second-order valence-electron chi connectivity index (χ2n) is 6.84. The summed E-state index contributed by atoms with van der Waals surface area (Å²) < 4.78 is 0. The van der Waals surface area contributed by atoms with E-state index in [9.17, 15) is 4.79 Å². The van der Waals surface area contributed by atoms with E-state index >= 15 is 0 Å². The number of hydrogen-bond donors (Lipinski definition) is 0. The Kier molecular flexibility index (Phi) is 4.77. The van der Waals surface area contributed by atoms with Crippen molar-refractivity contribution >= 4 is 22.6 Å². The monoisotopic (exact) mass is 362 g/mol. The van der Waals surface area contributed by atoms with Gasteiger partial charge in [-0.15, -0.1) is 10.2 Å². The zero-order valence-corrected chi connectivity index (χ0v) is 15.5. The minimum atomic E-state index is -0.0623. The molecule has 0 saturated carbocycles. The third-order valence-electron chi connectivity index (χ3n) is 5.17. The number of fused-ring (bicyclic) bond motifs is 1. The van der Waals surface area contributed by atoms with Crippen LogP contribution in [-0.2, 0) is 0 Å². The second kappa shape index (κ2) is 7.36. The smallest absolute Gasteiger partial charge is 0.180 e. The van der Waals surface area contributed by atoms with Gasteiger partial charge in [0.2, 0.25) is 0 Å². The largest absolute Gasteiger partial charge is 0.353 e. The van der Waals surface area contributed by atoms with E-state index in [1.165, 1.54) is 12.5 Å². The molecule has 0 amide bonds. The van der Waals surface area contributed by atoms with Crippen LogP contribution in [0.3, 0.4) is 0 Å². The summed E-state index contributed by atoms with van der Waals surface area (Å²) in [6.07, 6.45) is 3.45. The maximum atomic E-state index is 11.3. The summed E-state index contributed by atoms with van der Waals surface area (Å²) in [5.74, 6) is 0.765. The first-order chi connectivity index (χ1) is 13.1. The fraction of sp³-hybridized carbons (Fsp3) is 0.350. The van der Waals surface area contributed by atoms with Crippen molar-refractivity contribution in [2.75, 3.05) is 31.1 Å². The molecule has 0 N–H and O–H groups in total. The van der Waals surface area contributed by atoms with Crippen molar-refractivity contribution in [1.29, 1.82) is 0 Å². The van der Waals surface area contributed by atoms with Crippen molar-refractivity contribution < 1.29 is 4.79 Å². The first-order valence-corrected chi connectivity index (χ1v) is 9.16. The van der Waals surface area contributed by atoms with Gasteiger partial charge in [-0.05, 0) is 36.8 Å². The Bertz CT molecular complexity index is 950. The Hall–Kier alpha value is -2.93. The Morgan fingerprint density at radius 1 is 0.963 bits per heavy atom. The van der Waals surface area contributed by atoms with Crippen LogP contribution in [0.25, 0.3) is 11.0 Å². The van der Waals surface area contributed by atoms with Crippen LogP contribution >= 0.6 is 0 Å². The van der Waals surface area contributed by atoms with Crippen molar-refractivity contribution in [3.63, 3.8) is 0 Å². The van der Waals surface area contributed by atoms with Gasteiger partial charge in [-0.2, -0.15) is 0 Å². The maximum Gasteiger partial charge on any atom is 0.180 e. The summed E-state index contributed by atoms with van der Waals surface area (Å²) >= 11 is 0. The molecule has 1 atom stereocenters. The fourth-order valence-corrected chi connectivity index (χ4v) is 3.47. The summed E-state index contributed by atoms with van der Waals surface area (Å²) in [7, 11) is 0. The van der Waals surface area contributed by atoms with E-state index in [1.54, 1.807) is 18.5 Å². The van der Waals surface area contributed by atoms with Gasteiger partial charge in [0, 0.05) is 51.5 Å². The molecule has 138 valence electrons. The molecule has 3 heterocycles. The minimum absolute atomic E-state index is 0.0623. The highest BCUT2D eigenvalue weighted by Crippen LogP contribution is 2.25. The van der Waals surface area contributed by atoms with Gasteiger partial charge in [0.1, 0.15) is 5.69 Å². The minimum Gasteiger partial charge on any atom is -0.353 e. The molecule has 7 heteroatoms. The van der Waals surface area contributed by atoms with Gasteiger partial charge in [-0.1, -0.05) is 6.07 Å². The number of nitrogens with zero attached hydrogens (tertiary/aromatic N) is 6. The second-order valence-corrected chi connectivity index (χ2v) is 6.84. The zero-order chi connectivity index (χ0) is 18.8. The molecule has 27 heavy (non-hydrogen) atoms. The normalized spacial score (nSPS) is 16.4. The number of hydrogen-bond acceptors (Lipinski definition) is 7. The Labute approximate surface area is 158 Å². The number of ketones is 1. The number of piperazine rings is 1. The molecule has 4 rings (SSSR count). The first-order valence-electron chi connectivity index (χ1n) is 9.16. The van der Waals surface area contributed by atoms with E-state index in [4.69, 9.17) is 0 Å². The van der Waals surface area contributed by atoms with Crippen LogP contribution in [0.15, 0.2) is 42.7 Å². The molecule has 1 saturated heterocycles. The molecule has 1 unspecified atom stereocenters. The highest BCUT2D eigenvalue weighted by Gasteiger charge is 2.23. The van der Waals surface area contributed by atoms with Crippen molar-refractivity contribution in [1.82, 2.24) is 25.1 Å². The summed E-state index contributed by atoms with van der Waals surface area (Å²) in [5, 5.41) is 8.22. The van der Waals surface area contributed by atoms with Gasteiger partial charge in [-0.3, -0.25) is 19.7 Å². The van der Waals surface area contributed by atoms with E-state index in [-0.39, 0.29) is 5.78 Å². The number of aromatic nitrogens is 4. The average Bonchev–Trinajstić information content (AvgIpc) is 2.73. The molecule has 0 spiro atoms. The SMILES string of the molecule is CC(=O)c1ccc(N2CCN(C(C)c3ccc4nccnc4c3)CC2)nn1. The van der Waals surface area contributed by atoms with Crippen molar-refractivity contribution in [3.05, 3.63) is 54.0 Å². The summed E-state index contributed by atoms with van der Waals surface area (Å²) in [4.78, 5) is 24.8. The average molecular weight is 362 g/mol. The standard InChI is InChI=1S/C20H22N6O/c1-14(16-3-4-18-19(13-16)22-8-7-21-18)25-9-11-26(12-10-25)20-6-5-17(15(2)27)23-24-20/h3-8,13-14H,9-12H2,1-2H3. The summed E-state index contributed by atoms with van der Waals surface area (Å²) in [5.41, 5.74) is 3.51. The van der Waals surface area contributed by atoms with E-state index in [1.807, 2.05) is 12.1 Å². The lowest BCUT2D eigenvalue weighted by molar-refractivity contribution is 0.101. The molecule has 1 aromatic carbocycles. The molecule has 3 aromatic rings. The molecular weight excluding hydrogens is 340 g/mol. The van der Waals surface area contributed by atoms with Gasteiger partial charge in [0.15, 0.2) is 11.6 Å². The number of Topliss-reactive ketones (excluding diaryl/α,β-unsaturated/α-hetero) is 1. The highest BCUT2D eigenvalue weighted by atomic mass is 16.1. The first kappa shape index (κ1) is 17.5. The summed E-state index contributed by atoms with van der Waals surface area (Å²) in [6.45, 7) is 7.38. The Morgan fingerprint density at radius 2 is 1.70 bits per heavy atom.